The summed E-state index contributed by atoms with van der Waals surface area (Å²) in [5.41, 5.74) is -0.761. The van der Waals surface area contributed by atoms with E-state index in [2.05, 4.69) is 11.3 Å². The van der Waals surface area contributed by atoms with Crippen molar-refractivity contribution in [2.75, 3.05) is 13.1 Å². The summed E-state index contributed by atoms with van der Waals surface area (Å²) in [5, 5.41) is 0.614. The number of amides is 1. The van der Waals surface area contributed by atoms with Crippen LogP contribution in [0.2, 0.25) is 10.0 Å². The van der Waals surface area contributed by atoms with Gasteiger partial charge in [0.25, 0.3) is 0 Å². The van der Waals surface area contributed by atoms with Gasteiger partial charge in [-0.1, -0.05) is 29.8 Å². The zero-order chi connectivity index (χ0) is 21.1. The summed E-state index contributed by atoms with van der Waals surface area (Å²) in [4.78, 5) is 13.9. The molecule has 5 nitrogen and oxygen atoms in total. The van der Waals surface area contributed by atoms with Gasteiger partial charge in [-0.05, 0) is 37.0 Å². The maximum atomic E-state index is 12.9. The summed E-state index contributed by atoms with van der Waals surface area (Å²) in [5.74, 6) is -0.241. The van der Waals surface area contributed by atoms with Crippen LogP contribution in [0.15, 0.2) is 24.1 Å². The van der Waals surface area contributed by atoms with Crippen LogP contribution >= 0.6 is 23.2 Å². The third kappa shape index (κ3) is 6.10. The summed E-state index contributed by atoms with van der Waals surface area (Å²) in [6.45, 7) is 3.92. The summed E-state index contributed by atoms with van der Waals surface area (Å²) in [6, 6.07) is 1.37. The number of carbonyl (C=O) groups is 1. The molecular weight excluding hydrogens is 440 g/mol. The first-order chi connectivity index (χ1) is 12.9. The van der Waals surface area contributed by atoms with E-state index in [1.54, 1.807) is 4.90 Å². The van der Waals surface area contributed by atoms with Crippen molar-refractivity contribution in [3.05, 3.63) is 45.3 Å². The lowest BCUT2D eigenvalue weighted by Crippen LogP contribution is -2.46. The van der Waals surface area contributed by atoms with Gasteiger partial charge < -0.3 is 4.90 Å². The molecule has 1 heterocycles. The number of nitrogens with zero attached hydrogens (tertiary/aromatic N) is 1. The average Bonchev–Trinajstić information content (AvgIpc) is 2.62. The minimum absolute atomic E-state index is 0.00000607. The van der Waals surface area contributed by atoms with Crippen molar-refractivity contribution in [2.24, 2.45) is 0 Å². The highest BCUT2D eigenvalue weighted by Crippen LogP contribution is 2.36. The molecule has 28 heavy (non-hydrogen) atoms. The van der Waals surface area contributed by atoms with Crippen LogP contribution in [0, 0.1) is 0 Å². The first kappa shape index (κ1) is 23.0. The minimum atomic E-state index is -4.56. The number of alkyl halides is 3. The molecule has 1 aliphatic rings. The fourth-order valence-electron chi connectivity index (χ4n) is 2.92. The molecule has 0 aromatic heterocycles. The van der Waals surface area contributed by atoms with E-state index in [9.17, 15) is 26.4 Å². The number of benzene rings is 1. The molecule has 0 radical (unpaired) electrons. The molecule has 1 fully saturated rings. The van der Waals surface area contributed by atoms with E-state index in [0.717, 1.165) is 17.5 Å². The van der Waals surface area contributed by atoms with Gasteiger partial charge in [0.15, 0.2) is 0 Å². The van der Waals surface area contributed by atoms with Gasteiger partial charge in [-0.3, -0.25) is 4.79 Å². The number of rotatable bonds is 6. The number of hydrogen-bond donors (Lipinski definition) is 1. The van der Waals surface area contributed by atoms with Crippen molar-refractivity contribution in [3.63, 3.8) is 0 Å². The van der Waals surface area contributed by atoms with E-state index in [1.165, 1.54) is 0 Å². The molecule has 0 atom stereocenters. The largest absolute Gasteiger partial charge is 0.416 e. The molecule has 1 saturated heterocycles. The molecule has 0 saturated carbocycles. The van der Waals surface area contributed by atoms with E-state index >= 15 is 0 Å². The highest BCUT2D eigenvalue weighted by Gasteiger charge is 2.32. The van der Waals surface area contributed by atoms with Crippen molar-refractivity contribution in [3.8, 4) is 0 Å². The molecule has 11 heteroatoms. The highest BCUT2D eigenvalue weighted by atomic mass is 35.5. The molecule has 1 aromatic carbocycles. The second-order valence-corrected chi connectivity index (χ2v) is 8.86. The Labute approximate surface area is 171 Å². The van der Waals surface area contributed by atoms with Crippen LogP contribution in [0.1, 0.15) is 30.4 Å². The van der Waals surface area contributed by atoms with Gasteiger partial charge in [-0.15, -0.1) is 0 Å². The maximum Gasteiger partial charge on any atom is 0.416 e. The van der Waals surface area contributed by atoms with Gasteiger partial charge in [0.05, 0.1) is 15.6 Å². The first-order valence-corrected chi connectivity index (χ1v) is 10.7. The molecule has 0 unspecified atom stereocenters. The van der Waals surface area contributed by atoms with Crippen molar-refractivity contribution >= 4 is 39.1 Å². The molecule has 1 aromatic rings. The van der Waals surface area contributed by atoms with Gasteiger partial charge in [-0.2, -0.15) is 13.2 Å². The highest BCUT2D eigenvalue weighted by molar-refractivity contribution is 7.92. The maximum absolute atomic E-state index is 12.9. The lowest BCUT2D eigenvalue weighted by atomic mass is 10.0. The predicted octanol–water partition coefficient (Wildman–Crippen LogP) is 4.00. The molecule has 2 rings (SSSR count). The Balaban J connectivity index is 1.95. The Hall–Kier alpha value is -1.29. The number of hydrogen-bond acceptors (Lipinski definition) is 3. The average molecular weight is 459 g/mol. The fraction of sp³-hybridized carbons (Fsp3) is 0.471. The Morgan fingerprint density at radius 2 is 1.89 bits per heavy atom. The van der Waals surface area contributed by atoms with Gasteiger partial charge in [0.1, 0.15) is 0 Å². The number of aryl methyl sites for hydroxylation is 1. The monoisotopic (exact) mass is 458 g/mol. The molecule has 1 N–H and O–H groups in total. The minimum Gasteiger partial charge on any atom is -0.343 e. The quantitative estimate of drug-likeness (QED) is 0.700. The van der Waals surface area contributed by atoms with Gasteiger partial charge in [0, 0.05) is 31.0 Å². The predicted molar refractivity (Wildman–Crippen MR) is 102 cm³/mol. The molecule has 156 valence electrons. The lowest BCUT2D eigenvalue weighted by Gasteiger charge is -2.32. The second kappa shape index (κ2) is 9.02. The zero-order valence-corrected chi connectivity index (χ0v) is 17.1. The Kier molecular flexibility index (Phi) is 7.41. The molecule has 1 amide bonds. The number of nitrogens with one attached hydrogen (secondary N) is 1. The van der Waals surface area contributed by atoms with Crippen molar-refractivity contribution < 1.29 is 26.4 Å². The smallest absolute Gasteiger partial charge is 0.343 e. The zero-order valence-electron chi connectivity index (χ0n) is 14.7. The van der Waals surface area contributed by atoms with Crippen molar-refractivity contribution in [1.29, 1.82) is 0 Å². The lowest BCUT2D eigenvalue weighted by molar-refractivity contribution is -0.137. The van der Waals surface area contributed by atoms with Gasteiger partial charge >= 0.3 is 6.18 Å². The summed E-state index contributed by atoms with van der Waals surface area (Å²) >= 11 is 11.8. The van der Waals surface area contributed by atoms with Crippen LogP contribution in [0.4, 0.5) is 13.2 Å². The Morgan fingerprint density at radius 1 is 1.29 bits per heavy atom. The third-order valence-corrected chi connectivity index (χ3v) is 6.38. The molecule has 0 aliphatic carbocycles. The number of likely N-dealkylation sites (tertiary alicyclic amines) is 1. The summed E-state index contributed by atoms with van der Waals surface area (Å²) < 4.78 is 64.2. The van der Waals surface area contributed by atoms with Crippen LogP contribution < -0.4 is 4.72 Å². The van der Waals surface area contributed by atoms with Crippen LogP contribution in [-0.4, -0.2) is 38.4 Å². The number of carbonyl (C=O) groups excluding carboxylic acids is 1. The molecular formula is C17H19Cl2F3N2O3S. The number of piperidine rings is 1. The fourth-order valence-corrected chi connectivity index (χ4v) is 4.16. The number of halogens is 5. The van der Waals surface area contributed by atoms with E-state index in [0.29, 0.717) is 25.9 Å². The van der Waals surface area contributed by atoms with Crippen molar-refractivity contribution in [2.45, 2.75) is 37.9 Å². The number of sulfonamides is 1. The topological polar surface area (TPSA) is 66.5 Å². The second-order valence-electron chi connectivity index (χ2n) is 6.41. The normalized spacial score (nSPS) is 16.2. The Morgan fingerprint density at radius 3 is 2.43 bits per heavy atom. The standard InChI is InChI=1S/C17H19Cl2F3N2O3S/c1-2-28(26,27)23-13-5-7-24(8-6-13)15(25)4-3-11-9-12(17(20,21)22)10-14(18)16(11)19/h2,9-10,13,23H,1,3-8H2. The molecule has 0 bridgehead atoms. The Bertz CT molecular complexity index is 852. The van der Waals surface area contributed by atoms with Gasteiger partial charge in [-0.25, -0.2) is 13.1 Å². The van der Waals surface area contributed by atoms with Crippen molar-refractivity contribution in [1.82, 2.24) is 9.62 Å². The molecule has 0 spiro atoms. The summed E-state index contributed by atoms with van der Waals surface area (Å²) in [6.07, 6.45) is -3.69. The third-order valence-electron chi connectivity index (χ3n) is 4.44. The van der Waals surface area contributed by atoms with Crippen LogP contribution in [0.25, 0.3) is 0 Å². The van der Waals surface area contributed by atoms with Gasteiger partial charge in [0.2, 0.25) is 15.9 Å². The molecule has 1 aliphatic heterocycles. The van der Waals surface area contributed by atoms with Crippen LogP contribution in [0.3, 0.4) is 0 Å². The van der Waals surface area contributed by atoms with E-state index in [-0.39, 0.29) is 40.4 Å². The van der Waals surface area contributed by atoms with E-state index in [4.69, 9.17) is 23.2 Å². The first-order valence-electron chi connectivity index (χ1n) is 8.40. The van der Waals surface area contributed by atoms with Crippen LogP contribution in [0.5, 0.6) is 0 Å². The summed E-state index contributed by atoms with van der Waals surface area (Å²) in [7, 11) is -3.54. The van der Waals surface area contributed by atoms with Crippen LogP contribution in [-0.2, 0) is 27.4 Å². The SMILES string of the molecule is C=CS(=O)(=O)NC1CCN(C(=O)CCc2cc(C(F)(F)F)cc(Cl)c2Cl)CC1. The van der Waals surface area contributed by atoms with E-state index in [1.807, 2.05) is 0 Å². The van der Waals surface area contributed by atoms with E-state index < -0.39 is 21.8 Å².